The van der Waals surface area contributed by atoms with Crippen molar-refractivity contribution in [1.82, 2.24) is 0 Å². The number of benzene rings is 7. The monoisotopic (exact) mass is 1480 g/mol. The quantitative estimate of drug-likeness (QED) is 0.0154. The molecular weight excluding hydrogens is 1360 g/mol. The summed E-state index contributed by atoms with van der Waals surface area (Å²) >= 11 is 0. The Morgan fingerprint density at radius 1 is 0.352 bits per heavy atom. The minimum Gasteiger partial charge on any atom is -0.461 e. The summed E-state index contributed by atoms with van der Waals surface area (Å²) in [7, 11) is 0. The SMILES string of the molecule is CCc1ccc(C(=O)OCOC(=O)C(C)C)cc1.CCc1ccccc1C(=O)C(C)C.CCc1ccccc1COC(=O)C(C)C.CCc1ccccc1OC(=O)C(C)C.Cc1ccc(CC(=O)OCOC(=O)C(C)C)cc1.Cc1ccc(COC(=O)C(C)C)cc1.Cc1ccccc1C(C)(C)CC(=O)C(C)C. The Balaban J connectivity index is 0.000000632. The average molecular weight is 1490 g/mol. The largest absolute Gasteiger partial charge is 0.461 e. The molecular formula is C92H124O16. The maximum atomic E-state index is 11.8. The molecule has 0 saturated carbocycles. The van der Waals surface area contributed by atoms with Crippen LogP contribution in [-0.4, -0.2) is 66.9 Å². The normalized spacial score (nSPS) is 10.5. The van der Waals surface area contributed by atoms with E-state index in [4.69, 9.17) is 33.2 Å². The molecule has 7 rings (SSSR count). The molecule has 16 heteroatoms. The Kier molecular flexibility index (Phi) is 46.5. The Morgan fingerprint density at radius 2 is 0.759 bits per heavy atom. The number of carbonyl (C=O) groups excluding carboxylic acids is 9. The highest BCUT2D eigenvalue weighted by Gasteiger charge is 2.27. The summed E-state index contributed by atoms with van der Waals surface area (Å²) in [6, 6.07) is 54.6. The molecule has 0 radical (unpaired) electrons. The van der Waals surface area contributed by atoms with Gasteiger partial charge in [-0.05, 0) is 120 Å². The van der Waals surface area contributed by atoms with Crippen molar-refractivity contribution in [2.24, 2.45) is 41.4 Å². The van der Waals surface area contributed by atoms with Gasteiger partial charge in [-0.2, -0.15) is 0 Å². The first-order valence-electron chi connectivity index (χ1n) is 37.7. The van der Waals surface area contributed by atoms with E-state index < -0.39 is 11.9 Å². The third-order valence-electron chi connectivity index (χ3n) is 16.5. The maximum Gasteiger partial charge on any atom is 0.340 e. The molecule has 0 atom stereocenters. The lowest BCUT2D eigenvalue weighted by Crippen LogP contribution is -2.25. The molecule has 7 aromatic carbocycles. The van der Waals surface area contributed by atoms with Gasteiger partial charge in [0.05, 0.1) is 41.6 Å². The van der Waals surface area contributed by atoms with E-state index in [2.05, 4.69) is 52.8 Å². The predicted molar refractivity (Wildman–Crippen MR) is 430 cm³/mol. The molecule has 0 heterocycles. The van der Waals surface area contributed by atoms with Crippen molar-refractivity contribution in [2.45, 2.75) is 216 Å². The van der Waals surface area contributed by atoms with E-state index in [1.54, 1.807) is 39.8 Å². The number of aryl methyl sites for hydroxylation is 7. The Labute approximate surface area is 645 Å². The summed E-state index contributed by atoms with van der Waals surface area (Å²) in [5.41, 5.74) is 13.8. The Bertz CT molecular complexity index is 3830. The molecule has 0 fully saturated rings. The van der Waals surface area contributed by atoms with E-state index in [1.807, 2.05) is 236 Å². The van der Waals surface area contributed by atoms with Gasteiger partial charge in [0.15, 0.2) is 5.78 Å². The van der Waals surface area contributed by atoms with Crippen LogP contribution in [0.2, 0.25) is 0 Å². The summed E-state index contributed by atoms with van der Waals surface area (Å²) < 4.78 is 34.7. The number of ether oxygens (including phenoxy) is 7. The molecule has 0 unspecified atom stereocenters. The summed E-state index contributed by atoms with van der Waals surface area (Å²) in [5, 5.41) is 0. The molecule has 7 aromatic rings. The third-order valence-corrected chi connectivity index (χ3v) is 16.5. The minimum atomic E-state index is -0.491. The molecule has 0 aliphatic heterocycles. The van der Waals surface area contributed by atoms with Gasteiger partial charge in [0.2, 0.25) is 13.6 Å². The zero-order valence-electron chi connectivity index (χ0n) is 68.8. The number of Topliss-reactive ketones (excluding diaryl/α,β-unsaturated/α-hetero) is 2. The van der Waals surface area contributed by atoms with Crippen molar-refractivity contribution >= 4 is 53.4 Å². The minimum absolute atomic E-state index is 0.0551. The average Bonchev–Trinajstić information content (AvgIpc) is 0.822. The number of para-hydroxylation sites is 1. The van der Waals surface area contributed by atoms with Gasteiger partial charge in [0, 0.05) is 23.8 Å². The van der Waals surface area contributed by atoms with E-state index in [-0.39, 0.29) is 102 Å². The van der Waals surface area contributed by atoms with Crippen molar-refractivity contribution in [2.75, 3.05) is 13.6 Å². The molecule has 16 nitrogen and oxygen atoms in total. The standard InChI is InChI=1S/C15H22O.2C14H18O4.C13H18O2.2C12H16O2.C12H16O/c1-11(2)14(16)10-15(4,5)13-9-7-6-8-12(13)3;1-10(2)14(16)18-9-17-13(15)8-12-6-4-11(3)5-7-12;1-4-11-5-7-12(8-6-11)14(16)18-9-17-13(15)10(2)3;1-4-11-7-5-6-8-12(11)9-15-13(14)10(2)3;1-9(2)12(13)14-8-11-6-4-10(3)5-7-11;1-4-10-7-5-6-8-11(10)14-12(13)9(2)3;1-4-10-7-5-6-8-11(10)12(13)9(2)3/h6-9,11H,10H2,1-5H3;4-7,10H,8-9H2,1-3H3;5-8,10H,4,9H2,1-3H3;5-8,10H,4,9H2,1-3H3;4-7,9H,8H2,1-3H3;5-9H,4H2,1-3H3;5-9H,4H2,1-3H3. The van der Waals surface area contributed by atoms with E-state index >= 15 is 0 Å². The van der Waals surface area contributed by atoms with Crippen LogP contribution in [0, 0.1) is 62.2 Å². The van der Waals surface area contributed by atoms with Crippen molar-refractivity contribution in [3.8, 4) is 5.75 Å². The number of hydrogen-bond acceptors (Lipinski definition) is 16. The first-order chi connectivity index (χ1) is 50.9. The third kappa shape index (κ3) is 39.1. The Morgan fingerprint density at radius 3 is 1.22 bits per heavy atom. The lowest BCUT2D eigenvalue weighted by Gasteiger charge is -2.27. The van der Waals surface area contributed by atoms with Crippen LogP contribution in [0.15, 0.2) is 170 Å². The second kappa shape index (κ2) is 52.2. The number of carbonyl (C=O) groups is 9. The molecule has 0 saturated heterocycles. The van der Waals surface area contributed by atoms with E-state index in [0.29, 0.717) is 36.7 Å². The van der Waals surface area contributed by atoms with Crippen molar-refractivity contribution < 1.29 is 76.3 Å². The molecule has 0 aromatic heterocycles. The van der Waals surface area contributed by atoms with Gasteiger partial charge >= 0.3 is 41.8 Å². The number of rotatable bonds is 27. The van der Waals surface area contributed by atoms with Gasteiger partial charge in [0.25, 0.3) is 0 Å². The fourth-order valence-corrected chi connectivity index (χ4v) is 9.44. The highest BCUT2D eigenvalue weighted by Crippen LogP contribution is 2.31. The zero-order chi connectivity index (χ0) is 81.6. The van der Waals surface area contributed by atoms with Crippen LogP contribution in [0.1, 0.15) is 227 Å². The smallest absolute Gasteiger partial charge is 0.340 e. The van der Waals surface area contributed by atoms with Crippen LogP contribution in [-0.2, 0) is 113 Å². The molecule has 0 amide bonds. The van der Waals surface area contributed by atoms with Crippen LogP contribution >= 0.6 is 0 Å². The number of hydrogen-bond donors (Lipinski definition) is 0. The van der Waals surface area contributed by atoms with Gasteiger partial charge in [-0.25, -0.2) is 4.79 Å². The molecule has 108 heavy (non-hydrogen) atoms. The van der Waals surface area contributed by atoms with Crippen molar-refractivity contribution in [3.05, 3.63) is 242 Å². The van der Waals surface area contributed by atoms with Gasteiger partial charge in [0.1, 0.15) is 24.7 Å². The molecule has 588 valence electrons. The Hall–Kier alpha value is -9.83. The first kappa shape index (κ1) is 96.2. The van der Waals surface area contributed by atoms with Gasteiger partial charge in [-0.1, -0.05) is 301 Å². The second-order valence-electron chi connectivity index (χ2n) is 28.8. The summed E-state index contributed by atoms with van der Waals surface area (Å²) in [6.45, 7) is 44.5. The predicted octanol–water partition coefficient (Wildman–Crippen LogP) is 20.2. The number of esters is 7. The van der Waals surface area contributed by atoms with Crippen molar-refractivity contribution in [3.63, 3.8) is 0 Å². The highest BCUT2D eigenvalue weighted by molar-refractivity contribution is 5.98. The lowest BCUT2D eigenvalue weighted by atomic mass is 9.77. The highest BCUT2D eigenvalue weighted by atomic mass is 16.7. The molecule has 0 aliphatic carbocycles. The van der Waals surface area contributed by atoms with Crippen LogP contribution in [0.5, 0.6) is 5.75 Å². The van der Waals surface area contributed by atoms with Crippen LogP contribution in [0.3, 0.4) is 0 Å². The fourth-order valence-electron chi connectivity index (χ4n) is 9.44. The van der Waals surface area contributed by atoms with Gasteiger partial charge < -0.3 is 33.2 Å². The van der Waals surface area contributed by atoms with E-state index in [0.717, 1.165) is 70.2 Å². The lowest BCUT2D eigenvalue weighted by molar-refractivity contribution is -0.169. The number of ketones is 2. The fraction of sp³-hybridized carbons (Fsp3) is 0.446. The summed E-state index contributed by atoms with van der Waals surface area (Å²) in [5.74, 6) is -1.27. The van der Waals surface area contributed by atoms with E-state index in [1.165, 1.54) is 22.3 Å². The molecule has 0 spiro atoms. The van der Waals surface area contributed by atoms with Crippen LogP contribution in [0.4, 0.5) is 0 Å². The van der Waals surface area contributed by atoms with Crippen LogP contribution in [0.25, 0.3) is 0 Å². The van der Waals surface area contributed by atoms with Gasteiger partial charge in [-0.3, -0.25) is 38.4 Å². The first-order valence-corrected chi connectivity index (χ1v) is 37.7. The van der Waals surface area contributed by atoms with Gasteiger partial charge in [-0.15, -0.1) is 0 Å². The molecule has 0 aliphatic rings. The summed E-state index contributed by atoms with van der Waals surface area (Å²) in [6.07, 6.45) is 4.49. The zero-order valence-corrected chi connectivity index (χ0v) is 68.8. The van der Waals surface area contributed by atoms with E-state index in [9.17, 15) is 43.2 Å². The molecule has 0 bridgehead atoms. The van der Waals surface area contributed by atoms with Crippen LogP contribution < -0.4 is 4.74 Å². The second-order valence-corrected chi connectivity index (χ2v) is 28.8. The molecule has 0 N–H and O–H groups in total. The maximum absolute atomic E-state index is 11.8. The summed E-state index contributed by atoms with van der Waals surface area (Å²) in [4.78, 5) is 103. The topological polar surface area (TPSA) is 218 Å². The van der Waals surface area contributed by atoms with Crippen molar-refractivity contribution in [1.29, 1.82) is 0 Å².